The van der Waals surface area contributed by atoms with Crippen molar-refractivity contribution in [3.05, 3.63) is 0 Å². The highest BCUT2D eigenvalue weighted by atomic mass is 16.5. The van der Waals surface area contributed by atoms with E-state index in [1.54, 1.807) is 7.11 Å². The lowest BCUT2D eigenvalue weighted by atomic mass is 9.90. The smallest absolute Gasteiger partial charge is 0.0647 e. The Morgan fingerprint density at radius 1 is 1.33 bits per heavy atom. The lowest BCUT2D eigenvalue weighted by molar-refractivity contribution is 0.0158. The van der Waals surface area contributed by atoms with Crippen molar-refractivity contribution in [1.29, 1.82) is 0 Å². The molecule has 0 amide bonds. The monoisotopic (exact) mass is 217 g/mol. The average molecular weight is 217 g/mol. The van der Waals surface area contributed by atoms with Crippen LogP contribution >= 0.6 is 0 Å². The minimum Gasteiger partial charge on any atom is -0.385 e. The van der Waals surface area contributed by atoms with Gasteiger partial charge in [-0.25, -0.2) is 0 Å². The van der Waals surface area contributed by atoms with E-state index in [1.165, 1.54) is 0 Å². The molecular weight excluding hydrogens is 194 g/mol. The van der Waals surface area contributed by atoms with Crippen molar-refractivity contribution in [2.24, 2.45) is 5.73 Å². The molecule has 1 heterocycles. The van der Waals surface area contributed by atoms with Crippen molar-refractivity contribution >= 4 is 0 Å². The topological polar surface area (TPSA) is 53.7 Å². The molecule has 4 heteroatoms. The zero-order valence-corrected chi connectivity index (χ0v) is 9.67. The van der Waals surface area contributed by atoms with Crippen LogP contribution in [0.15, 0.2) is 0 Å². The van der Waals surface area contributed by atoms with Gasteiger partial charge in [0, 0.05) is 39.1 Å². The first-order valence-corrected chi connectivity index (χ1v) is 5.70. The molecular formula is C11H23NO3. The molecule has 1 fully saturated rings. The minimum absolute atomic E-state index is 0.153. The van der Waals surface area contributed by atoms with E-state index in [4.69, 9.17) is 19.9 Å². The highest BCUT2D eigenvalue weighted by molar-refractivity contribution is 4.86. The third kappa shape index (κ3) is 5.47. The van der Waals surface area contributed by atoms with Gasteiger partial charge >= 0.3 is 0 Å². The standard InChI is InChI=1S/C11H23NO3/c1-13-6-3-8-14-9-5-11(12)4-2-7-15-10-11/h2-10,12H2,1H3. The van der Waals surface area contributed by atoms with E-state index in [0.717, 1.165) is 52.1 Å². The number of ether oxygens (including phenoxy) is 3. The van der Waals surface area contributed by atoms with E-state index in [0.29, 0.717) is 6.61 Å². The molecule has 0 aromatic rings. The fourth-order valence-electron chi connectivity index (χ4n) is 1.75. The third-order valence-electron chi connectivity index (χ3n) is 2.73. The maximum absolute atomic E-state index is 6.17. The van der Waals surface area contributed by atoms with Gasteiger partial charge in [0.05, 0.1) is 6.61 Å². The lowest BCUT2D eigenvalue weighted by Gasteiger charge is -2.33. The van der Waals surface area contributed by atoms with Gasteiger partial charge < -0.3 is 19.9 Å². The Morgan fingerprint density at radius 2 is 2.20 bits per heavy atom. The zero-order valence-electron chi connectivity index (χ0n) is 9.67. The Morgan fingerprint density at radius 3 is 2.87 bits per heavy atom. The van der Waals surface area contributed by atoms with Gasteiger partial charge in [0.15, 0.2) is 0 Å². The Labute approximate surface area is 92.1 Å². The Kier molecular flexibility index (Phi) is 6.17. The summed E-state index contributed by atoms with van der Waals surface area (Å²) in [6.45, 7) is 3.77. The van der Waals surface area contributed by atoms with E-state index < -0.39 is 0 Å². The van der Waals surface area contributed by atoms with Crippen LogP contribution < -0.4 is 5.73 Å². The second-order valence-corrected chi connectivity index (χ2v) is 4.23. The SMILES string of the molecule is COCCCOCCC1(N)CCCOC1. The lowest BCUT2D eigenvalue weighted by Crippen LogP contribution is -2.48. The molecule has 90 valence electrons. The molecule has 0 radical (unpaired) electrons. The zero-order chi connectivity index (χ0) is 11.0. The fraction of sp³-hybridized carbons (Fsp3) is 1.00. The summed E-state index contributed by atoms with van der Waals surface area (Å²) in [4.78, 5) is 0. The van der Waals surface area contributed by atoms with Gasteiger partial charge in [0.25, 0.3) is 0 Å². The van der Waals surface area contributed by atoms with Crippen LogP contribution in [0.2, 0.25) is 0 Å². The molecule has 1 rings (SSSR count). The van der Waals surface area contributed by atoms with E-state index in [9.17, 15) is 0 Å². The first-order chi connectivity index (χ1) is 7.27. The van der Waals surface area contributed by atoms with Gasteiger partial charge in [-0.3, -0.25) is 0 Å². The molecule has 0 saturated carbocycles. The van der Waals surface area contributed by atoms with E-state index in [1.807, 2.05) is 0 Å². The van der Waals surface area contributed by atoms with Crippen LogP contribution in [0.5, 0.6) is 0 Å². The van der Waals surface area contributed by atoms with Crippen LogP contribution in [0.3, 0.4) is 0 Å². The van der Waals surface area contributed by atoms with Gasteiger partial charge in [-0.2, -0.15) is 0 Å². The molecule has 0 aromatic heterocycles. The molecule has 0 aromatic carbocycles. The number of hydrogen-bond donors (Lipinski definition) is 1. The van der Waals surface area contributed by atoms with Gasteiger partial charge in [0.2, 0.25) is 0 Å². The largest absolute Gasteiger partial charge is 0.385 e. The highest BCUT2D eigenvalue weighted by Crippen LogP contribution is 2.19. The minimum atomic E-state index is -0.153. The molecule has 0 spiro atoms. The van der Waals surface area contributed by atoms with Crippen LogP contribution in [0.4, 0.5) is 0 Å². The maximum Gasteiger partial charge on any atom is 0.0647 e. The third-order valence-corrected chi connectivity index (χ3v) is 2.73. The normalized spacial score (nSPS) is 26.8. The summed E-state index contributed by atoms with van der Waals surface area (Å²) in [5.41, 5.74) is 6.02. The first-order valence-electron chi connectivity index (χ1n) is 5.70. The predicted octanol–water partition coefficient (Wildman–Crippen LogP) is 0.937. The first kappa shape index (κ1) is 12.9. The summed E-state index contributed by atoms with van der Waals surface area (Å²) in [6, 6.07) is 0. The van der Waals surface area contributed by atoms with Gasteiger partial charge in [0.1, 0.15) is 0 Å². The van der Waals surface area contributed by atoms with E-state index in [2.05, 4.69) is 0 Å². The molecule has 1 saturated heterocycles. The van der Waals surface area contributed by atoms with Crippen molar-refractivity contribution in [2.75, 3.05) is 40.1 Å². The molecule has 15 heavy (non-hydrogen) atoms. The predicted molar refractivity (Wildman–Crippen MR) is 58.9 cm³/mol. The summed E-state index contributed by atoms with van der Waals surface area (Å²) in [6.07, 6.45) is 3.96. The quantitative estimate of drug-likeness (QED) is 0.645. The van der Waals surface area contributed by atoms with Crippen LogP contribution in [0.1, 0.15) is 25.7 Å². The van der Waals surface area contributed by atoms with E-state index >= 15 is 0 Å². The Bertz CT molecular complexity index is 158. The van der Waals surface area contributed by atoms with E-state index in [-0.39, 0.29) is 5.54 Å². The van der Waals surface area contributed by atoms with Crippen molar-refractivity contribution in [3.63, 3.8) is 0 Å². The summed E-state index contributed by atoms with van der Waals surface area (Å²) in [7, 11) is 1.70. The second kappa shape index (κ2) is 7.17. The van der Waals surface area contributed by atoms with Crippen molar-refractivity contribution in [3.8, 4) is 0 Å². The molecule has 1 unspecified atom stereocenters. The molecule has 1 atom stereocenters. The summed E-state index contributed by atoms with van der Waals surface area (Å²) >= 11 is 0. The van der Waals surface area contributed by atoms with Crippen LogP contribution in [-0.4, -0.2) is 45.7 Å². The van der Waals surface area contributed by atoms with Gasteiger partial charge in [-0.15, -0.1) is 0 Å². The molecule has 2 N–H and O–H groups in total. The van der Waals surface area contributed by atoms with Crippen molar-refractivity contribution in [1.82, 2.24) is 0 Å². The molecule has 1 aliphatic rings. The number of rotatable bonds is 7. The molecule has 0 bridgehead atoms. The fourth-order valence-corrected chi connectivity index (χ4v) is 1.75. The molecule has 4 nitrogen and oxygen atoms in total. The van der Waals surface area contributed by atoms with Gasteiger partial charge in [-0.05, 0) is 25.7 Å². The van der Waals surface area contributed by atoms with Crippen LogP contribution in [-0.2, 0) is 14.2 Å². The number of methoxy groups -OCH3 is 1. The average Bonchev–Trinajstić information content (AvgIpc) is 2.24. The highest BCUT2D eigenvalue weighted by Gasteiger charge is 2.27. The number of hydrogen-bond acceptors (Lipinski definition) is 4. The second-order valence-electron chi connectivity index (χ2n) is 4.23. The van der Waals surface area contributed by atoms with Crippen LogP contribution in [0.25, 0.3) is 0 Å². The maximum atomic E-state index is 6.17. The molecule has 0 aliphatic carbocycles. The van der Waals surface area contributed by atoms with Gasteiger partial charge in [-0.1, -0.05) is 0 Å². The Hall–Kier alpha value is -0.160. The summed E-state index contributed by atoms with van der Waals surface area (Å²) in [5, 5.41) is 0. The summed E-state index contributed by atoms with van der Waals surface area (Å²) < 4.78 is 15.8. The Balaban J connectivity index is 1.98. The molecule has 1 aliphatic heterocycles. The van der Waals surface area contributed by atoms with Crippen molar-refractivity contribution in [2.45, 2.75) is 31.2 Å². The summed E-state index contributed by atoms with van der Waals surface area (Å²) in [5.74, 6) is 0. The van der Waals surface area contributed by atoms with Crippen LogP contribution in [0, 0.1) is 0 Å². The number of nitrogens with two attached hydrogens (primary N) is 1. The van der Waals surface area contributed by atoms with Crippen molar-refractivity contribution < 1.29 is 14.2 Å².